The summed E-state index contributed by atoms with van der Waals surface area (Å²) in [6.45, 7) is 5.75. The van der Waals surface area contributed by atoms with Crippen molar-refractivity contribution < 1.29 is 9.47 Å². The normalized spacial score (nSPS) is 11.4. The lowest BCUT2D eigenvalue weighted by Crippen LogP contribution is -1.99. The molecule has 0 N–H and O–H groups in total. The van der Waals surface area contributed by atoms with Crippen LogP contribution in [0.15, 0.2) is 42.5 Å². The molecular formula is C20H29O2. The van der Waals surface area contributed by atoms with Crippen LogP contribution in [0.25, 0.3) is 0 Å². The molecule has 2 nitrogen and oxygen atoms in total. The third-order valence-electron chi connectivity index (χ3n) is 3.11. The highest BCUT2D eigenvalue weighted by Gasteiger charge is 1.98. The Morgan fingerprint density at radius 2 is 1.55 bits per heavy atom. The second-order valence-corrected chi connectivity index (χ2v) is 5.13. The molecule has 0 heterocycles. The Morgan fingerprint density at radius 1 is 0.909 bits per heavy atom. The summed E-state index contributed by atoms with van der Waals surface area (Å²) in [5.74, 6) is 1.63. The number of hydrogen-bond acceptors (Lipinski definition) is 2. The zero-order valence-corrected chi connectivity index (χ0v) is 14.0. The second-order valence-electron chi connectivity index (χ2n) is 5.13. The van der Waals surface area contributed by atoms with E-state index < -0.39 is 0 Å². The number of benzene rings is 1. The first-order chi connectivity index (χ1) is 10.9. The summed E-state index contributed by atoms with van der Waals surface area (Å²) in [6.07, 6.45) is 15.2. The first-order valence-corrected chi connectivity index (χ1v) is 8.44. The zero-order valence-electron chi connectivity index (χ0n) is 14.0. The van der Waals surface area contributed by atoms with Gasteiger partial charge < -0.3 is 9.47 Å². The van der Waals surface area contributed by atoms with Crippen molar-refractivity contribution >= 4 is 0 Å². The van der Waals surface area contributed by atoms with Gasteiger partial charge in [-0.2, -0.15) is 0 Å². The number of rotatable bonds is 12. The molecule has 0 aliphatic heterocycles. The van der Waals surface area contributed by atoms with Crippen LogP contribution in [0.1, 0.15) is 52.4 Å². The van der Waals surface area contributed by atoms with E-state index >= 15 is 0 Å². The van der Waals surface area contributed by atoms with E-state index in [0.29, 0.717) is 0 Å². The van der Waals surface area contributed by atoms with Crippen LogP contribution >= 0.6 is 0 Å². The fraction of sp³-hybridized carbons (Fsp3) is 0.500. The van der Waals surface area contributed by atoms with Crippen molar-refractivity contribution in [3.05, 3.63) is 48.6 Å². The Hall–Kier alpha value is -1.70. The van der Waals surface area contributed by atoms with Crippen LogP contribution in [0.4, 0.5) is 0 Å². The van der Waals surface area contributed by atoms with Crippen molar-refractivity contribution in [3.63, 3.8) is 0 Å². The Labute approximate surface area is 135 Å². The average Bonchev–Trinajstić information content (AvgIpc) is 2.54. The van der Waals surface area contributed by atoms with Gasteiger partial charge in [-0.1, -0.05) is 38.2 Å². The minimum absolute atomic E-state index is 0.718. The van der Waals surface area contributed by atoms with Crippen LogP contribution in [0.2, 0.25) is 0 Å². The monoisotopic (exact) mass is 301 g/mol. The molecule has 0 spiro atoms. The lowest BCUT2D eigenvalue weighted by Gasteiger charge is -2.08. The standard InChI is InChI=1S/C20H29O2/c1-3-5-7-9-11-16-21-19-14-13-15-20(18-19)22-17-12-10-8-6-4-2/h5-8,13-14,18H,3-4,9-12,16-17H2,1-2H3. The van der Waals surface area contributed by atoms with Gasteiger partial charge in [0.2, 0.25) is 0 Å². The van der Waals surface area contributed by atoms with Crippen molar-refractivity contribution in [2.75, 3.05) is 13.2 Å². The van der Waals surface area contributed by atoms with Gasteiger partial charge in [-0.25, -0.2) is 0 Å². The smallest absolute Gasteiger partial charge is 0.130 e. The maximum Gasteiger partial charge on any atom is 0.130 e. The molecule has 0 unspecified atom stereocenters. The third kappa shape index (κ3) is 9.28. The first-order valence-electron chi connectivity index (χ1n) is 8.44. The topological polar surface area (TPSA) is 18.5 Å². The van der Waals surface area contributed by atoms with Gasteiger partial charge in [0, 0.05) is 12.1 Å². The molecule has 0 amide bonds. The van der Waals surface area contributed by atoms with E-state index in [1.165, 1.54) is 0 Å². The van der Waals surface area contributed by atoms with E-state index in [1.807, 2.05) is 18.2 Å². The van der Waals surface area contributed by atoms with Gasteiger partial charge in [-0.15, -0.1) is 0 Å². The molecule has 0 fully saturated rings. The molecule has 0 saturated heterocycles. The van der Waals surface area contributed by atoms with E-state index in [4.69, 9.17) is 9.47 Å². The molecule has 0 bridgehead atoms. The van der Waals surface area contributed by atoms with Crippen LogP contribution in [0.5, 0.6) is 11.5 Å². The van der Waals surface area contributed by atoms with Crippen molar-refractivity contribution in [1.82, 2.24) is 0 Å². The molecule has 121 valence electrons. The Morgan fingerprint density at radius 3 is 2.18 bits per heavy atom. The van der Waals surface area contributed by atoms with E-state index in [1.54, 1.807) is 0 Å². The fourth-order valence-corrected chi connectivity index (χ4v) is 1.94. The molecule has 22 heavy (non-hydrogen) atoms. The lowest BCUT2D eigenvalue weighted by atomic mass is 10.2. The number of hydrogen-bond donors (Lipinski definition) is 0. The average molecular weight is 301 g/mol. The summed E-state index contributed by atoms with van der Waals surface area (Å²) in [5, 5.41) is 0. The molecule has 0 aromatic heterocycles. The van der Waals surface area contributed by atoms with Crippen molar-refractivity contribution in [3.8, 4) is 11.5 Å². The predicted octanol–water partition coefficient (Wildman–Crippen LogP) is 5.74. The molecule has 0 aliphatic rings. The Balaban J connectivity index is 2.21. The molecule has 1 rings (SSSR count). The zero-order chi connectivity index (χ0) is 15.9. The van der Waals surface area contributed by atoms with Gasteiger partial charge in [0.15, 0.2) is 0 Å². The SMILES string of the molecule is CCC=CCCCOc1[c]ccc(OCCCC=CCC)c1. The first kappa shape index (κ1) is 18.3. The van der Waals surface area contributed by atoms with Crippen LogP contribution in [-0.2, 0) is 0 Å². The number of allylic oxidation sites excluding steroid dienone is 4. The number of unbranched alkanes of at least 4 members (excludes halogenated alkanes) is 2. The van der Waals surface area contributed by atoms with E-state index in [2.05, 4.69) is 44.2 Å². The van der Waals surface area contributed by atoms with Crippen LogP contribution in [-0.4, -0.2) is 13.2 Å². The molecule has 0 aliphatic carbocycles. The summed E-state index contributed by atoms with van der Waals surface area (Å²) < 4.78 is 11.4. The predicted molar refractivity (Wildman–Crippen MR) is 93.6 cm³/mol. The second kappa shape index (κ2) is 13.0. The summed E-state index contributed by atoms with van der Waals surface area (Å²) in [4.78, 5) is 0. The Kier molecular flexibility index (Phi) is 10.8. The largest absolute Gasteiger partial charge is 0.493 e. The summed E-state index contributed by atoms with van der Waals surface area (Å²) in [5.41, 5.74) is 0. The molecule has 1 aromatic carbocycles. The van der Waals surface area contributed by atoms with Gasteiger partial charge in [-0.3, -0.25) is 0 Å². The van der Waals surface area contributed by atoms with E-state index in [-0.39, 0.29) is 0 Å². The van der Waals surface area contributed by atoms with Gasteiger partial charge in [0.25, 0.3) is 0 Å². The van der Waals surface area contributed by atoms with Crippen LogP contribution < -0.4 is 9.47 Å². The minimum atomic E-state index is 0.718. The van der Waals surface area contributed by atoms with Crippen molar-refractivity contribution in [2.24, 2.45) is 0 Å². The van der Waals surface area contributed by atoms with E-state index in [0.717, 1.165) is 63.2 Å². The summed E-state index contributed by atoms with van der Waals surface area (Å²) >= 11 is 0. The third-order valence-corrected chi connectivity index (χ3v) is 3.11. The van der Waals surface area contributed by atoms with E-state index in [9.17, 15) is 0 Å². The lowest BCUT2D eigenvalue weighted by molar-refractivity contribution is 0.296. The minimum Gasteiger partial charge on any atom is -0.493 e. The summed E-state index contributed by atoms with van der Waals surface area (Å²) in [7, 11) is 0. The highest BCUT2D eigenvalue weighted by atomic mass is 16.5. The van der Waals surface area contributed by atoms with Gasteiger partial charge >= 0.3 is 0 Å². The van der Waals surface area contributed by atoms with Crippen LogP contribution in [0.3, 0.4) is 0 Å². The van der Waals surface area contributed by atoms with Crippen molar-refractivity contribution in [2.45, 2.75) is 52.4 Å². The van der Waals surface area contributed by atoms with Crippen molar-refractivity contribution in [1.29, 1.82) is 0 Å². The quantitative estimate of drug-likeness (QED) is 0.362. The number of ether oxygens (including phenoxy) is 2. The van der Waals surface area contributed by atoms with Crippen LogP contribution in [0, 0.1) is 6.07 Å². The highest BCUT2D eigenvalue weighted by Crippen LogP contribution is 2.19. The maximum atomic E-state index is 5.74. The molecule has 1 radical (unpaired) electrons. The highest BCUT2D eigenvalue weighted by molar-refractivity contribution is 5.31. The summed E-state index contributed by atoms with van der Waals surface area (Å²) in [6, 6.07) is 8.81. The van der Waals surface area contributed by atoms with Gasteiger partial charge in [0.1, 0.15) is 11.5 Å². The van der Waals surface area contributed by atoms with Gasteiger partial charge in [0.05, 0.1) is 13.2 Å². The molecule has 1 aromatic rings. The molecular weight excluding hydrogens is 272 g/mol. The molecule has 0 atom stereocenters. The Bertz CT molecular complexity index is 398. The maximum absolute atomic E-state index is 5.74. The molecule has 2 heteroatoms. The molecule has 0 saturated carbocycles. The fourth-order valence-electron chi connectivity index (χ4n) is 1.94. The van der Waals surface area contributed by atoms with Gasteiger partial charge in [-0.05, 0) is 50.7 Å².